The van der Waals surface area contributed by atoms with Gasteiger partial charge < -0.3 is 14.7 Å². The maximum atomic E-state index is 11.6. The molecule has 3 rings (SSSR count). The van der Waals surface area contributed by atoms with E-state index in [1.807, 2.05) is 28.8 Å². The van der Waals surface area contributed by atoms with Gasteiger partial charge in [-0.2, -0.15) is 0 Å². The van der Waals surface area contributed by atoms with E-state index in [0.29, 0.717) is 11.0 Å². The van der Waals surface area contributed by atoms with Crippen molar-refractivity contribution in [3.63, 3.8) is 0 Å². The molecule has 1 aromatic carbocycles. The fourth-order valence-corrected chi connectivity index (χ4v) is 1.93. The van der Waals surface area contributed by atoms with Crippen LogP contribution in [-0.4, -0.2) is 19.6 Å². The van der Waals surface area contributed by atoms with E-state index in [1.165, 1.54) is 6.33 Å². The predicted molar refractivity (Wildman–Crippen MR) is 67.6 cm³/mol. The number of H-pyrrole nitrogens is 1. The minimum atomic E-state index is -0.147. The lowest BCUT2D eigenvalue weighted by Gasteiger charge is -2.05. The van der Waals surface area contributed by atoms with Crippen LogP contribution in [0.1, 0.15) is 5.56 Å². The molecule has 0 atom stereocenters. The molecule has 0 bridgehead atoms. The molecule has 0 radical (unpaired) electrons. The average molecular weight is 241 g/mol. The van der Waals surface area contributed by atoms with E-state index in [9.17, 15) is 4.79 Å². The zero-order valence-corrected chi connectivity index (χ0v) is 9.50. The number of fused-ring (bicyclic) bond motifs is 1. The van der Waals surface area contributed by atoms with E-state index in [1.54, 1.807) is 12.3 Å². The van der Waals surface area contributed by atoms with E-state index in [-0.39, 0.29) is 12.2 Å². The zero-order valence-electron chi connectivity index (χ0n) is 9.50. The van der Waals surface area contributed by atoms with E-state index in [0.717, 1.165) is 11.3 Å². The molecule has 0 aliphatic rings. The van der Waals surface area contributed by atoms with Gasteiger partial charge in [0.15, 0.2) is 5.65 Å². The van der Waals surface area contributed by atoms with Gasteiger partial charge in [0, 0.05) is 11.9 Å². The highest BCUT2D eigenvalue weighted by molar-refractivity contribution is 5.76. The Morgan fingerprint density at radius 2 is 2.00 bits per heavy atom. The molecule has 90 valence electrons. The number of aromatic amines is 1. The van der Waals surface area contributed by atoms with Crippen molar-refractivity contribution in [1.29, 1.82) is 0 Å². The van der Waals surface area contributed by atoms with Gasteiger partial charge in [-0.3, -0.25) is 4.79 Å². The predicted octanol–water partition coefficient (Wildman–Crippen LogP) is 1.21. The maximum absolute atomic E-state index is 11.6. The van der Waals surface area contributed by atoms with Crippen molar-refractivity contribution in [2.24, 2.45) is 0 Å². The first-order valence-corrected chi connectivity index (χ1v) is 5.54. The first-order chi connectivity index (χ1) is 8.79. The Kier molecular flexibility index (Phi) is 2.46. The SMILES string of the molecule is O=c1[nH]cnc2c1ccn2-c1ccc(CO)cc1. The fourth-order valence-electron chi connectivity index (χ4n) is 1.93. The molecule has 0 amide bonds. The molecule has 0 unspecified atom stereocenters. The Hall–Kier alpha value is -2.40. The van der Waals surface area contributed by atoms with Crippen LogP contribution in [0.15, 0.2) is 47.7 Å². The van der Waals surface area contributed by atoms with Gasteiger partial charge in [-0.1, -0.05) is 12.1 Å². The molecule has 18 heavy (non-hydrogen) atoms. The van der Waals surface area contributed by atoms with Gasteiger partial charge in [-0.15, -0.1) is 0 Å². The fraction of sp³-hybridized carbons (Fsp3) is 0.0769. The van der Waals surface area contributed by atoms with Gasteiger partial charge in [0.25, 0.3) is 5.56 Å². The molecular weight excluding hydrogens is 230 g/mol. The molecule has 2 heterocycles. The molecule has 0 spiro atoms. The molecule has 0 saturated carbocycles. The molecule has 2 N–H and O–H groups in total. The highest BCUT2D eigenvalue weighted by atomic mass is 16.3. The highest BCUT2D eigenvalue weighted by Gasteiger charge is 2.06. The lowest BCUT2D eigenvalue weighted by Crippen LogP contribution is -2.06. The Labute approximate surface area is 102 Å². The average Bonchev–Trinajstić information content (AvgIpc) is 2.84. The van der Waals surface area contributed by atoms with Crippen LogP contribution in [-0.2, 0) is 6.61 Å². The second kappa shape index (κ2) is 4.12. The topological polar surface area (TPSA) is 70.9 Å². The third kappa shape index (κ3) is 1.61. The minimum Gasteiger partial charge on any atom is -0.392 e. The van der Waals surface area contributed by atoms with Gasteiger partial charge in [-0.25, -0.2) is 4.98 Å². The normalized spacial score (nSPS) is 10.9. The molecule has 0 aliphatic carbocycles. The second-order valence-corrected chi connectivity index (χ2v) is 3.98. The van der Waals surface area contributed by atoms with Gasteiger partial charge in [-0.05, 0) is 23.8 Å². The summed E-state index contributed by atoms with van der Waals surface area (Å²) < 4.78 is 1.84. The summed E-state index contributed by atoms with van der Waals surface area (Å²) >= 11 is 0. The van der Waals surface area contributed by atoms with E-state index in [4.69, 9.17) is 5.11 Å². The summed E-state index contributed by atoms with van der Waals surface area (Å²) in [6.45, 7) is 0.0185. The van der Waals surface area contributed by atoms with E-state index < -0.39 is 0 Å². The first-order valence-electron chi connectivity index (χ1n) is 5.54. The van der Waals surface area contributed by atoms with Crippen LogP contribution in [0, 0.1) is 0 Å². The Morgan fingerprint density at radius 3 is 2.72 bits per heavy atom. The van der Waals surface area contributed by atoms with Gasteiger partial charge >= 0.3 is 0 Å². The molecule has 3 aromatic rings. The Morgan fingerprint density at radius 1 is 1.22 bits per heavy atom. The number of hydrogen-bond donors (Lipinski definition) is 2. The van der Waals surface area contributed by atoms with E-state index in [2.05, 4.69) is 9.97 Å². The van der Waals surface area contributed by atoms with Crippen molar-refractivity contribution < 1.29 is 5.11 Å². The molecule has 0 fully saturated rings. The lowest BCUT2D eigenvalue weighted by atomic mass is 10.2. The van der Waals surface area contributed by atoms with Crippen molar-refractivity contribution in [3.05, 3.63) is 58.8 Å². The van der Waals surface area contributed by atoms with Crippen molar-refractivity contribution in [1.82, 2.24) is 14.5 Å². The number of aromatic nitrogens is 3. The summed E-state index contributed by atoms with van der Waals surface area (Å²) in [4.78, 5) is 18.3. The Balaban J connectivity index is 2.19. The van der Waals surface area contributed by atoms with Crippen molar-refractivity contribution >= 4 is 11.0 Å². The highest BCUT2D eigenvalue weighted by Crippen LogP contribution is 2.16. The lowest BCUT2D eigenvalue weighted by molar-refractivity contribution is 0.282. The first kappa shape index (κ1) is 10.7. The monoisotopic (exact) mass is 241 g/mol. The molecule has 0 aliphatic heterocycles. The molecule has 5 nitrogen and oxygen atoms in total. The second-order valence-electron chi connectivity index (χ2n) is 3.98. The number of aliphatic hydroxyl groups excluding tert-OH is 1. The smallest absolute Gasteiger partial charge is 0.260 e. The van der Waals surface area contributed by atoms with Crippen LogP contribution < -0.4 is 5.56 Å². The van der Waals surface area contributed by atoms with Crippen molar-refractivity contribution in [2.75, 3.05) is 0 Å². The van der Waals surface area contributed by atoms with Crippen LogP contribution >= 0.6 is 0 Å². The summed E-state index contributed by atoms with van der Waals surface area (Å²) in [5.74, 6) is 0. The summed E-state index contributed by atoms with van der Waals surface area (Å²) in [6, 6.07) is 9.19. The quantitative estimate of drug-likeness (QED) is 0.708. The van der Waals surface area contributed by atoms with Gasteiger partial charge in [0.05, 0.1) is 18.3 Å². The number of aliphatic hydroxyl groups is 1. The third-order valence-corrected chi connectivity index (χ3v) is 2.88. The molecule has 2 aromatic heterocycles. The minimum absolute atomic E-state index is 0.0185. The van der Waals surface area contributed by atoms with Crippen molar-refractivity contribution in [2.45, 2.75) is 6.61 Å². The molecule has 0 saturated heterocycles. The number of rotatable bonds is 2. The zero-order chi connectivity index (χ0) is 12.5. The Bertz CT molecular complexity index is 741. The van der Waals surface area contributed by atoms with Crippen LogP contribution in [0.5, 0.6) is 0 Å². The summed E-state index contributed by atoms with van der Waals surface area (Å²) in [5.41, 5.74) is 2.22. The number of benzene rings is 1. The number of hydrogen-bond acceptors (Lipinski definition) is 3. The third-order valence-electron chi connectivity index (χ3n) is 2.88. The molecular formula is C13H11N3O2. The molecule has 5 heteroatoms. The summed E-state index contributed by atoms with van der Waals surface area (Å²) in [7, 11) is 0. The number of nitrogens with one attached hydrogen (secondary N) is 1. The van der Waals surface area contributed by atoms with Crippen molar-refractivity contribution in [3.8, 4) is 5.69 Å². The van der Waals surface area contributed by atoms with Gasteiger partial charge in [0.2, 0.25) is 0 Å². The summed E-state index contributed by atoms with van der Waals surface area (Å²) in [6.07, 6.45) is 3.20. The van der Waals surface area contributed by atoms with Crippen LogP contribution in [0.3, 0.4) is 0 Å². The largest absolute Gasteiger partial charge is 0.392 e. The van der Waals surface area contributed by atoms with E-state index >= 15 is 0 Å². The summed E-state index contributed by atoms with van der Waals surface area (Å²) in [5, 5.41) is 9.56. The van der Waals surface area contributed by atoms with Crippen LogP contribution in [0.4, 0.5) is 0 Å². The van der Waals surface area contributed by atoms with Gasteiger partial charge in [0.1, 0.15) is 0 Å². The standard InChI is InChI=1S/C13H11N3O2/c17-7-9-1-3-10(4-2-9)16-6-5-11-12(16)14-8-15-13(11)18/h1-6,8,17H,7H2,(H,14,15,18). The number of nitrogens with zero attached hydrogens (tertiary/aromatic N) is 2. The van der Waals surface area contributed by atoms with Crippen LogP contribution in [0.25, 0.3) is 16.7 Å². The maximum Gasteiger partial charge on any atom is 0.260 e. The van der Waals surface area contributed by atoms with Crippen LogP contribution in [0.2, 0.25) is 0 Å².